The SMILES string of the molecule is CCCCc1ccc(Nc2ccc(C(C)(C)C)cc2O)cc1. The van der Waals surface area contributed by atoms with Gasteiger partial charge in [0.05, 0.1) is 5.69 Å². The molecule has 0 bridgehead atoms. The summed E-state index contributed by atoms with van der Waals surface area (Å²) in [5.41, 5.74) is 4.27. The number of phenols is 1. The van der Waals surface area contributed by atoms with Crippen molar-refractivity contribution in [2.24, 2.45) is 0 Å². The van der Waals surface area contributed by atoms with Crippen molar-refractivity contribution in [3.05, 3.63) is 53.6 Å². The molecular formula is C20H27NO. The zero-order valence-electron chi connectivity index (χ0n) is 14.1. The second-order valence-corrected chi connectivity index (χ2v) is 6.91. The van der Waals surface area contributed by atoms with Gasteiger partial charge >= 0.3 is 0 Å². The van der Waals surface area contributed by atoms with E-state index >= 15 is 0 Å². The quantitative estimate of drug-likeness (QED) is 0.686. The number of rotatable bonds is 5. The summed E-state index contributed by atoms with van der Waals surface area (Å²) < 4.78 is 0. The van der Waals surface area contributed by atoms with Crippen LogP contribution >= 0.6 is 0 Å². The number of aryl methyl sites for hydroxylation is 1. The Morgan fingerprint density at radius 2 is 1.68 bits per heavy atom. The lowest BCUT2D eigenvalue weighted by Gasteiger charge is -2.20. The number of unbranched alkanes of at least 4 members (excludes halogenated alkanes) is 1. The first-order chi connectivity index (χ1) is 10.4. The standard InChI is InChI=1S/C20H27NO/c1-5-6-7-15-8-11-17(12-9-15)21-18-13-10-16(14-19(18)22)20(2,3)4/h8-14,21-22H,5-7H2,1-4H3. The zero-order chi connectivity index (χ0) is 16.2. The highest BCUT2D eigenvalue weighted by Crippen LogP contribution is 2.32. The number of aromatic hydroxyl groups is 1. The van der Waals surface area contributed by atoms with Crippen LogP contribution in [0.1, 0.15) is 51.7 Å². The van der Waals surface area contributed by atoms with Crippen molar-refractivity contribution in [2.75, 3.05) is 5.32 Å². The number of phenolic OH excluding ortho intramolecular Hbond substituents is 1. The van der Waals surface area contributed by atoms with Gasteiger partial charge in [0.2, 0.25) is 0 Å². The topological polar surface area (TPSA) is 32.3 Å². The van der Waals surface area contributed by atoms with Crippen molar-refractivity contribution in [3.8, 4) is 5.75 Å². The maximum atomic E-state index is 10.2. The predicted octanol–water partition coefficient (Wildman–Crippen LogP) is 5.78. The van der Waals surface area contributed by atoms with Gasteiger partial charge in [0.1, 0.15) is 5.75 Å². The number of hydrogen-bond acceptors (Lipinski definition) is 2. The van der Waals surface area contributed by atoms with Gasteiger partial charge in [0, 0.05) is 5.69 Å². The second kappa shape index (κ2) is 6.87. The Bertz CT molecular complexity index is 609. The van der Waals surface area contributed by atoms with E-state index in [9.17, 15) is 5.11 Å². The molecule has 0 saturated heterocycles. The molecule has 2 rings (SSSR count). The van der Waals surface area contributed by atoms with Crippen molar-refractivity contribution in [2.45, 2.75) is 52.4 Å². The third kappa shape index (κ3) is 4.27. The molecule has 22 heavy (non-hydrogen) atoms. The van der Waals surface area contributed by atoms with E-state index in [1.54, 1.807) is 0 Å². The molecule has 0 heterocycles. The lowest BCUT2D eigenvalue weighted by Crippen LogP contribution is -2.10. The van der Waals surface area contributed by atoms with E-state index in [-0.39, 0.29) is 5.41 Å². The Balaban J connectivity index is 2.10. The molecule has 0 unspecified atom stereocenters. The molecule has 0 aromatic heterocycles. The first-order valence-electron chi connectivity index (χ1n) is 8.09. The number of nitrogens with one attached hydrogen (secondary N) is 1. The second-order valence-electron chi connectivity index (χ2n) is 6.91. The molecule has 0 amide bonds. The molecule has 0 aliphatic heterocycles. The highest BCUT2D eigenvalue weighted by atomic mass is 16.3. The maximum Gasteiger partial charge on any atom is 0.139 e. The van der Waals surface area contributed by atoms with Crippen molar-refractivity contribution in [1.29, 1.82) is 0 Å². The Labute approximate surface area is 134 Å². The molecule has 2 heteroatoms. The van der Waals surface area contributed by atoms with Gasteiger partial charge in [-0.25, -0.2) is 0 Å². The molecule has 0 aliphatic carbocycles. The van der Waals surface area contributed by atoms with Crippen molar-refractivity contribution in [3.63, 3.8) is 0 Å². The molecule has 0 atom stereocenters. The van der Waals surface area contributed by atoms with E-state index < -0.39 is 0 Å². The highest BCUT2D eigenvalue weighted by molar-refractivity contribution is 5.66. The van der Waals surface area contributed by atoms with Crippen LogP contribution in [0.15, 0.2) is 42.5 Å². The third-order valence-corrected chi connectivity index (χ3v) is 3.92. The van der Waals surface area contributed by atoms with Crippen LogP contribution in [0.2, 0.25) is 0 Å². The molecule has 2 N–H and O–H groups in total. The van der Waals surface area contributed by atoms with Crippen LogP contribution in [0.25, 0.3) is 0 Å². The highest BCUT2D eigenvalue weighted by Gasteiger charge is 2.15. The molecule has 0 spiro atoms. The summed E-state index contributed by atoms with van der Waals surface area (Å²) >= 11 is 0. The van der Waals surface area contributed by atoms with E-state index in [0.29, 0.717) is 5.75 Å². The Hall–Kier alpha value is -1.96. The summed E-state index contributed by atoms with van der Waals surface area (Å²) in [6.45, 7) is 8.64. The fourth-order valence-electron chi connectivity index (χ4n) is 2.40. The largest absolute Gasteiger partial charge is 0.506 e. The van der Waals surface area contributed by atoms with Crippen LogP contribution in [0.3, 0.4) is 0 Å². The molecule has 118 valence electrons. The minimum absolute atomic E-state index is 0.0386. The average Bonchev–Trinajstić information content (AvgIpc) is 2.47. The van der Waals surface area contributed by atoms with Gasteiger partial charge in [-0.2, -0.15) is 0 Å². The molecular weight excluding hydrogens is 270 g/mol. The summed E-state index contributed by atoms with van der Waals surface area (Å²) in [5.74, 6) is 0.294. The van der Waals surface area contributed by atoms with Crippen LogP contribution in [0.4, 0.5) is 11.4 Å². The molecule has 0 saturated carbocycles. The van der Waals surface area contributed by atoms with Gasteiger partial charge < -0.3 is 10.4 Å². The summed E-state index contributed by atoms with van der Waals surface area (Å²) in [4.78, 5) is 0. The fraction of sp³-hybridized carbons (Fsp3) is 0.400. The van der Waals surface area contributed by atoms with Crippen LogP contribution < -0.4 is 5.32 Å². The Morgan fingerprint density at radius 3 is 2.23 bits per heavy atom. The van der Waals surface area contributed by atoms with Gasteiger partial charge in [-0.1, -0.05) is 52.3 Å². The fourth-order valence-corrected chi connectivity index (χ4v) is 2.40. The Morgan fingerprint density at radius 1 is 1.00 bits per heavy atom. The van der Waals surface area contributed by atoms with Gasteiger partial charge in [-0.15, -0.1) is 0 Å². The third-order valence-electron chi connectivity index (χ3n) is 3.92. The van der Waals surface area contributed by atoms with E-state index in [2.05, 4.69) is 63.3 Å². The normalized spacial score (nSPS) is 11.5. The maximum absolute atomic E-state index is 10.2. The van der Waals surface area contributed by atoms with E-state index in [4.69, 9.17) is 0 Å². The van der Waals surface area contributed by atoms with Crippen LogP contribution in [-0.4, -0.2) is 5.11 Å². The summed E-state index contributed by atoms with van der Waals surface area (Å²) in [6, 6.07) is 14.3. The minimum atomic E-state index is 0.0386. The summed E-state index contributed by atoms with van der Waals surface area (Å²) in [6.07, 6.45) is 3.57. The van der Waals surface area contributed by atoms with Gasteiger partial charge in [-0.05, 0) is 53.6 Å². The van der Waals surface area contributed by atoms with E-state index in [1.165, 1.54) is 18.4 Å². The first-order valence-corrected chi connectivity index (χ1v) is 8.09. The number of benzene rings is 2. The summed E-state index contributed by atoms with van der Waals surface area (Å²) in [5, 5.41) is 13.5. The van der Waals surface area contributed by atoms with Gasteiger partial charge in [0.25, 0.3) is 0 Å². The van der Waals surface area contributed by atoms with E-state index in [1.807, 2.05) is 12.1 Å². The molecule has 2 aromatic carbocycles. The number of anilines is 2. The van der Waals surface area contributed by atoms with Gasteiger partial charge in [-0.3, -0.25) is 0 Å². The van der Waals surface area contributed by atoms with Crippen molar-refractivity contribution in [1.82, 2.24) is 0 Å². The molecule has 2 nitrogen and oxygen atoms in total. The Kier molecular flexibility index (Phi) is 5.12. The smallest absolute Gasteiger partial charge is 0.139 e. The predicted molar refractivity (Wildman–Crippen MR) is 95.1 cm³/mol. The van der Waals surface area contributed by atoms with Crippen molar-refractivity contribution >= 4 is 11.4 Å². The van der Waals surface area contributed by atoms with Crippen molar-refractivity contribution < 1.29 is 5.11 Å². The average molecular weight is 297 g/mol. The minimum Gasteiger partial charge on any atom is -0.506 e. The molecule has 0 radical (unpaired) electrons. The van der Waals surface area contributed by atoms with Gasteiger partial charge in [0.15, 0.2) is 0 Å². The molecule has 2 aromatic rings. The summed E-state index contributed by atoms with van der Waals surface area (Å²) in [7, 11) is 0. The molecule has 0 aliphatic rings. The lowest BCUT2D eigenvalue weighted by molar-refractivity contribution is 0.473. The first kappa shape index (κ1) is 16.4. The van der Waals surface area contributed by atoms with E-state index in [0.717, 1.165) is 23.4 Å². The lowest BCUT2D eigenvalue weighted by atomic mass is 9.87. The monoisotopic (exact) mass is 297 g/mol. The number of hydrogen-bond donors (Lipinski definition) is 2. The van der Waals surface area contributed by atoms with Crippen LogP contribution in [0.5, 0.6) is 5.75 Å². The zero-order valence-corrected chi connectivity index (χ0v) is 14.1. The van der Waals surface area contributed by atoms with Crippen LogP contribution in [-0.2, 0) is 11.8 Å². The van der Waals surface area contributed by atoms with Crippen LogP contribution in [0, 0.1) is 0 Å². The molecule has 0 fully saturated rings.